The van der Waals surface area contributed by atoms with Crippen LogP contribution in [0.2, 0.25) is 0 Å². The van der Waals surface area contributed by atoms with Crippen LogP contribution in [0, 0.1) is 40.3 Å². The fourth-order valence-corrected chi connectivity index (χ4v) is 3.34. The van der Waals surface area contributed by atoms with Gasteiger partial charge in [-0.1, -0.05) is 0 Å². The van der Waals surface area contributed by atoms with Crippen LogP contribution in [0.25, 0.3) is 0 Å². The van der Waals surface area contributed by atoms with Gasteiger partial charge in [0.2, 0.25) is 0 Å². The molecule has 1 saturated carbocycles. The standard InChI is InChI=1S/C15H11F4N3O/c16-12-3-9(1-7(4-20)11(12)5-21)22-6-8-2-10(8)13(22)14(23)15(17,18)19/h1,3,8,10,13-14,23H,2,6H2/t8-,10?,13+,14-/m0/s1. The topological polar surface area (TPSA) is 71.1 Å². The van der Waals surface area contributed by atoms with Crippen molar-refractivity contribution in [3.05, 3.63) is 29.1 Å². The van der Waals surface area contributed by atoms with E-state index in [2.05, 4.69) is 0 Å². The van der Waals surface area contributed by atoms with Gasteiger partial charge in [0.15, 0.2) is 6.10 Å². The Hall–Kier alpha value is -2.32. The van der Waals surface area contributed by atoms with E-state index in [1.165, 1.54) is 11.0 Å². The molecule has 0 bridgehead atoms. The molecule has 120 valence electrons. The summed E-state index contributed by atoms with van der Waals surface area (Å²) >= 11 is 0. The SMILES string of the molecule is N#Cc1cc(N2C[C@@H]3CC3[C@@H]2[C@H](O)C(F)(F)F)cc(F)c1C#N. The molecule has 4 atom stereocenters. The van der Waals surface area contributed by atoms with Crippen LogP contribution in [0.1, 0.15) is 17.5 Å². The minimum absolute atomic E-state index is 0.0289. The van der Waals surface area contributed by atoms with Crippen LogP contribution >= 0.6 is 0 Å². The average molecular weight is 325 g/mol. The predicted molar refractivity (Wildman–Crippen MR) is 70.6 cm³/mol. The van der Waals surface area contributed by atoms with Gasteiger partial charge in [-0.2, -0.15) is 23.7 Å². The van der Waals surface area contributed by atoms with E-state index in [1.54, 1.807) is 12.1 Å². The number of piperidine rings is 1. The summed E-state index contributed by atoms with van der Waals surface area (Å²) in [5.41, 5.74) is -0.588. The summed E-state index contributed by atoms with van der Waals surface area (Å²) in [7, 11) is 0. The van der Waals surface area contributed by atoms with E-state index in [1.807, 2.05) is 0 Å². The van der Waals surface area contributed by atoms with Crippen molar-refractivity contribution >= 4 is 5.69 Å². The highest BCUT2D eigenvalue weighted by molar-refractivity contribution is 5.60. The van der Waals surface area contributed by atoms with Crippen LogP contribution in [0.4, 0.5) is 23.2 Å². The van der Waals surface area contributed by atoms with Crippen LogP contribution in [-0.4, -0.2) is 30.0 Å². The first kappa shape index (κ1) is 15.6. The van der Waals surface area contributed by atoms with Gasteiger partial charge in [-0.3, -0.25) is 0 Å². The molecule has 1 aromatic rings. The first-order valence-corrected chi connectivity index (χ1v) is 6.93. The third kappa shape index (κ3) is 2.49. The van der Waals surface area contributed by atoms with Crippen molar-refractivity contribution in [2.24, 2.45) is 11.8 Å². The van der Waals surface area contributed by atoms with Crippen molar-refractivity contribution < 1.29 is 22.7 Å². The van der Waals surface area contributed by atoms with E-state index in [-0.39, 0.29) is 29.6 Å². The van der Waals surface area contributed by atoms with Gasteiger partial charge in [-0.05, 0) is 30.4 Å². The molecule has 1 aliphatic carbocycles. The summed E-state index contributed by atoms with van der Waals surface area (Å²) in [6.45, 7) is 0.263. The molecule has 0 radical (unpaired) electrons. The molecule has 2 aliphatic rings. The van der Waals surface area contributed by atoms with E-state index in [9.17, 15) is 22.7 Å². The lowest BCUT2D eigenvalue weighted by Crippen LogP contribution is -2.49. The average Bonchev–Trinajstić information content (AvgIpc) is 3.15. The zero-order valence-corrected chi connectivity index (χ0v) is 11.7. The maximum atomic E-state index is 13.9. The Kier molecular flexibility index (Phi) is 3.46. The second-order valence-corrected chi connectivity index (χ2v) is 5.86. The molecular weight excluding hydrogens is 314 g/mol. The quantitative estimate of drug-likeness (QED) is 0.847. The Morgan fingerprint density at radius 1 is 1.26 bits per heavy atom. The molecule has 4 nitrogen and oxygen atoms in total. The van der Waals surface area contributed by atoms with Crippen molar-refractivity contribution in [1.29, 1.82) is 10.5 Å². The predicted octanol–water partition coefficient (Wildman–Crippen LogP) is 2.32. The zero-order valence-electron chi connectivity index (χ0n) is 11.7. The Morgan fingerprint density at radius 3 is 2.52 bits per heavy atom. The summed E-state index contributed by atoms with van der Waals surface area (Å²) in [6.07, 6.45) is -6.72. The van der Waals surface area contributed by atoms with Crippen molar-refractivity contribution in [3.63, 3.8) is 0 Å². The van der Waals surface area contributed by atoms with Gasteiger partial charge in [-0.15, -0.1) is 0 Å². The molecule has 2 fully saturated rings. The molecule has 0 spiro atoms. The first-order valence-electron chi connectivity index (χ1n) is 6.93. The number of benzene rings is 1. The third-order valence-electron chi connectivity index (χ3n) is 4.50. The number of alkyl halides is 3. The fraction of sp³-hybridized carbons (Fsp3) is 0.467. The monoisotopic (exact) mass is 325 g/mol. The second kappa shape index (κ2) is 5.10. The molecule has 23 heavy (non-hydrogen) atoms. The summed E-state index contributed by atoms with van der Waals surface area (Å²) in [5.74, 6) is -1.22. The van der Waals surface area contributed by atoms with E-state index >= 15 is 0 Å². The number of rotatable bonds is 2. The van der Waals surface area contributed by atoms with Gasteiger partial charge < -0.3 is 10.0 Å². The molecule has 8 heteroatoms. The van der Waals surface area contributed by atoms with E-state index in [0.29, 0.717) is 6.42 Å². The molecule has 1 saturated heterocycles. The van der Waals surface area contributed by atoms with Gasteiger partial charge in [0.1, 0.15) is 23.5 Å². The highest BCUT2D eigenvalue weighted by Crippen LogP contribution is 2.53. The van der Waals surface area contributed by atoms with Crippen LogP contribution in [0.5, 0.6) is 0 Å². The molecule has 1 heterocycles. The Bertz CT molecular complexity index is 734. The molecule has 3 rings (SSSR count). The van der Waals surface area contributed by atoms with Crippen LogP contribution in [0.3, 0.4) is 0 Å². The molecule has 1 N–H and O–H groups in total. The van der Waals surface area contributed by atoms with Gasteiger partial charge in [0.05, 0.1) is 11.6 Å². The number of aliphatic hydroxyl groups excluding tert-OH is 1. The maximum Gasteiger partial charge on any atom is 0.416 e. The number of fused-ring (bicyclic) bond motifs is 1. The first-order chi connectivity index (χ1) is 10.8. The summed E-state index contributed by atoms with van der Waals surface area (Å²) < 4.78 is 52.6. The van der Waals surface area contributed by atoms with Gasteiger partial charge >= 0.3 is 6.18 Å². The lowest BCUT2D eigenvalue weighted by Gasteiger charge is -2.34. The minimum atomic E-state index is -4.77. The zero-order chi connectivity index (χ0) is 16.9. The molecular formula is C15H11F4N3O. The van der Waals surface area contributed by atoms with Crippen molar-refractivity contribution in [1.82, 2.24) is 0 Å². The molecule has 0 aromatic heterocycles. The third-order valence-corrected chi connectivity index (χ3v) is 4.50. The largest absolute Gasteiger partial charge is 0.416 e. The van der Waals surface area contributed by atoms with Gasteiger partial charge in [0.25, 0.3) is 0 Å². The second-order valence-electron chi connectivity index (χ2n) is 5.86. The number of hydrogen-bond donors (Lipinski definition) is 1. The number of nitrogens with zero attached hydrogens (tertiary/aromatic N) is 3. The number of hydrogen-bond acceptors (Lipinski definition) is 4. The summed E-state index contributed by atoms with van der Waals surface area (Å²) in [5, 5.41) is 27.5. The molecule has 1 unspecified atom stereocenters. The number of aliphatic hydroxyl groups is 1. The number of anilines is 1. The van der Waals surface area contributed by atoms with E-state index < -0.39 is 29.7 Å². The van der Waals surface area contributed by atoms with Crippen LogP contribution in [0.15, 0.2) is 12.1 Å². The van der Waals surface area contributed by atoms with Crippen molar-refractivity contribution in [2.45, 2.75) is 24.7 Å². The number of nitriles is 2. The van der Waals surface area contributed by atoms with E-state index in [0.717, 1.165) is 6.07 Å². The highest BCUT2D eigenvalue weighted by Gasteiger charge is 2.60. The van der Waals surface area contributed by atoms with Gasteiger partial charge in [-0.25, -0.2) is 4.39 Å². The van der Waals surface area contributed by atoms with Gasteiger partial charge in [0, 0.05) is 12.2 Å². The Morgan fingerprint density at radius 2 is 1.96 bits per heavy atom. The summed E-state index contributed by atoms with van der Waals surface area (Å²) in [6, 6.07) is 4.18. The lowest BCUT2D eigenvalue weighted by molar-refractivity contribution is -0.210. The van der Waals surface area contributed by atoms with Crippen molar-refractivity contribution in [3.8, 4) is 12.1 Å². The fourth-order valence-electron chi connectivity index (χ4n) is 3.34. The van der Waals surface area contributed by atoms with Crippen LogP contribution in [-0.2, 0) is 0 Å². The minimum Gasteiger partial charge on any atom is -0.382 e. The maximum absolute atomic E-state index is 13.9. The highest BCUT2D eigenvalue weighted by atomic mass is 19.4. The lowest BCUT2D eigenvalue weighted by atomic mass is 10.0. The van der Waals surface area contributed by atoms with E-state index in [4.69, 9.17) is 10.5 Å². The molecule has 1 aliphatic heterocycles. The molecule has 0 amide bonds. The van der Waals surface area contributed by atoms with Crippen molar-refractivity contribution in [2.75, 3.05) is 11.4 Å². The number of halogens is 4. The normalized spacial score (nSPS) is 27.1. The van der Waals surface area contributed by atoms with Crippen LogP contribution < -0.4 is 4.90 Å². The summed E-state index contributed by atoms with van der Waals surface area (Å²) in [4.78, 5) is 1.29. The smallest absolute Gasteiger partial charge is 0.382 e. The molecule has 1 aromatic carbocycles. The Labute approximate surface area is 129 Å². The Balaban J connectivity index is 2.00.